The molecule has 0 unspecified atom stereocenters. The van der Waals surface area contributed by atoms with Crippen molar-refractivity contribution in [2.24, 2.45) is 0 Å². The minimum Gasteiger partial charge on any atom is -0.489 e. The van der Waals surface area contributed by atoms with Gasteiger partial charge in [-0.3, -0.25) is 4.79 Å². The molecule has 1 aromatic heterocycles. The second kappa shape index (κ2) is 9.02. The Kier molecular flexibility index (Phi) is 6.44. The number of alkyl halides is 3. The highest BCUT2D eigenvalue weighted by Gasteiger charge is 2.33. The molecule has 158 valence electrons. The number of carbonyl (C=O) groups is 1. The first-order valence-electron chi connectivity index (χ1n) is 9.18. The standard InChI is InChI=1S/C22H20F3NO4/c1-14-19(15(2)30-26-14)13-28-18-9-7-16(8-10-18)11-21(27)29-12-17-5-3-4-6-20(17)22(23,24)25/h3-10H,11-13H2,1-2H3. The molecule has 0 aliphatic carbocycles. The molecule has 0 bridgehead atoms. The number of aromatic nitrogens is 1. The van der Waals surface area contributed by atoms with E-state index in [1.807, 2.05) is 6.92 Å². The number of esters is 1. The molecule has 0 aliphatic rings. The number of benzene rings is 2. The van der Waals surface area contributed by atoms with Gasteiger partial charge in [-0.05, 0) is 37.6 Å². The lowest BCUT2D eigenvalue weighted by molar-refractivity contribution is -0.147. The van der Waals surface area contributed by atoms with Crippen molar-refractivity contribution in [2.75, 3.05) is 0 Å². The van der Waals surface area contributed by atoms with Crippen LogP contribution in [0.2, 0.25) is 0 Å². The zero-order chi connectivity index (χ0) is 21.7. The summed E-state index contributed by atoms with van der Waals surface area (Å²) in [6, 6.07) is 11.8. The van der Waals surface area contributed by atoms with Crippen LogP contribution in [0, 0.1) is 13.8 Å². The van der Waals surface area contributed by atoms with Gasteiger partial charge >= 0.3 is 12.1 Å². The van der Waals surface area contributed by atoms with Crippen molar-refractivity contribution >= 4 is 5.97 Å². The van der Waals surface area contributed by atoms with Crippen LogP contribution in [0.5, 0.6) is 5.75 Å². The Morgan fingerprint density at radius 1 is 1.03 bits per heavy atom. The second-order valence-electron chi connectivity index (χ2n) is 6.73. The normalized spacial score (nSPS) is 11.4. The lowest BCUT2D eigenvalue weighted by Gasteiger charge is -2.13. The number of hydrogen-bond acceptors (Lipinski definition) is 5. The second-order valence-corrected chi connectivity index (χ2v) is 6.73. The van der Waals surface area contributed by atoms with Gasteiger partial charge in [-0.25, -0.2) is 0 Å². The molecular weight excluding hydrogens is 399 g/mol. The number of rotatable bonds is 7. The molecule has 3 aromatic rings. The van der Waals surface area contributed by atoms with Crippen LogP contribution in [-0.2, 0) is 35.3 Å². The molecule has 5 nitrogen and oxygen atoms in total. The third-order valence-electron chi connectivity index (χ3n) is 4.55. The first-order chi connectivity index (χ1) is 14.2. The fraction of sp³-hybridized carbons (Fsp3) is 0.273. The fourth-order valence-electron chi connectivity index (χ4n) is 2.87. The van der Waals surface area contributed by atoms with E-state index in [0.717, 1.165) is 17.3 Å². The van der Waals surface area contributed by atoms with Crippen molar-refractivity contribution in [3.63, 3.8) is 0 Å². The summed E-state index contributed by atoms with van der Waals surface area (Å²) in [6.07, 6.45) is -4.55. The van der Waals surface area contributed by atoms with E-state index in [0.29, 0.717) is 23.7 Å². The molecule has 0 spiro atoms. The Balaban J connectivity index is 1.53. The summed E-state index contributed by atoms with van der Waals surface area (Å²) in [7, 11) is 0. The molecule has 30 heavy (non-hydrogen) atoms. The van der Waals surface area contributed by atoms with Gasteiger partial charge in [0, 0.05) is 5.56 Å². The van der Waals surface area contributed by atoms with E-state index in [-0.39, 0.29) is 12.0 Å². The molecule has 0 saturated heterocycles. The van der Waals surface area contributed by atoms with E-state index in [1.54, 1.807) is 31.2 Å². The van der Waals surface area contributed by atoms with E-state index in [1.165, 1.54) is 18.2 Å². The van der Waals surface area contributed by atoms with Crippen molar-refractivity contribution in [2.45, 2.75) is 39.7 Å². The molecule has 0 radical (unpaired) electrons. The average molecular weight is 419 g/mol. The third-order valence-corrected chi connectivity index (χ3v) is 4.55. The maximum Gasteiger partial charge on any atom is 0.416 e. The van der Waals surface area contributed by atoms with Crippen molar-refractivity contribution in [3.8, 4) is 5.75 Å². The van der Waals surface area contributed by atoms with Crippen molar-refractivity contribution < 1.29 is 32.0 Å². The highest BCUT2D eigenvalue weighted by molar-refractivity contribution is 5.72. The van der Waals surface area contributed by atoms with Crippen LogP contribution in [0.4, 0.5) is 13.2 Å². The molecular formula is C22H20F3NO4. The third kappa shape index (κ3) is 5.40. The molecule has 0 N–H and O–H groups in total. The summed E-state index contributed by atoms with van der Waals surface area (Å²) in [5, 5.41) is 3.86. The highest BCUT2D eigenvalue weighted by atomic mass is 19.4. The zero-order valence-corrected chi connectivity index (χ0v) is 16.5. The number of halogens is 3. The van der Waals surface area contributed by atoms with Gasteiger partial charge in [0.1, 0.15) is 24.7 Å². The van der Waals surface area contributed by atoms with E-state index < -0.39 is 24.3 Å². The lowest BCUT2D eigenvalue weighted by atomic mass is 10.1. The quantitative estimate of drug-likeness (QED) is 0.494. The van der Waals surface area contributed by atoms with E-state index in [2.05, 4.69) is 5.16 Å². The zero-order valence-electron chi connectivity index (χ0n) is 16.5. The molecule has 3 rings (SSSR count). The topological polar surface area (TPSA) is 61.6 Å². The molecule has 0 fully saturated rings. The van der Waals surface area contributed by atoms with Crippen molar-refractivity contribution in [1.29, 1.82) is 0 Å². The van der Waals surface area contributed by atoms with Crippen LogP contribution in [0.25, 0.3) is 0 Å². The van der Waals surface area contributed by atoms with Gasteiger partial charge < -0.3 is 14.0 Å². The number of hydrogen-bond donors (Lipinski definition) is 0. The van der Waals surface area contributed by atoms with E-state index in [4.69, 9.17) is 14.0 Å². The SMILES string of the molecule is Cc1noc(C)c1COc1ccc(CC(=O)OCc2ccccc2C(F)(F)F)cc1. The first-order valence-corrected chi connectivity index (χ1v) is 9.18. The maximum atomic E-state index is 13.0. The summed E-state index contributed by atoms with van der Waals surface area (Å²) in [5.41, 5.74) is 1.41. The van der Waals surface area contributed by atoms with Crippen LogP contribution >= 0.6 is 0 Å². The fourth-order valence-corrected chi connectivity index (χ4v) is 2.87. The van der Waals surface area contributed by atoms with E-state index in [9.17, 15) is 18.0 Å². The average Bonchev–Trinajstić information content (AvgIpc) is 3.03. The van der Waals surface area contributed by atoms with Crippen molar-refractivity contribution in [1.82, 2.24) is 5.16 Å². The van der Waals surface area contributed by atoms with Crippen molar-refractivity contribution in [3.05, 3.63) is 82.2 Å². The Morgan fingerprint density at radius 3 is 2.37 bits per heavy atom. The minimum atomic E-state index is -4.50. The smallest absolute Gasteiger partial charge is 0.416 e. The highest BCUT2D eigenvalue weighted by Crippen LogP contribution is 2.32. The number of carbonyl (C=O) groups excluding carboxylic acids is 1. The minimum absolute atomic E-state index is 0.0572. The van der Waals surface area contributed by atoms with Gasteiger partial charge in [0.2, 0.25) is 0 Å². The summed E-state index contributed by atoms with van der Waals surface area (Å²) in [6.45, 7) is 3.51. The predicted octanol–water partition coefficient (Wildman–Crippen LogP) is 5.18. The summed E-state index contributed by atoms with van der Waals surface area (Å²) >= 11 is 0. The van der Waals surface area contributed by atoms with Crippen LogP contribution < -0.4 is 4.74 Å². The maximum absolute atomic E-state index is 13.0. The molecule has 1 heterocycles. The van der Waals surface area contributed by atoms with Gasteiger partial charge in [-0.1, -0.05) is 35.5 Å². The number of aryl methyl sites for hydroxylation is 2. The molecule has 0 aliphatic heterocycles. The summed E-state index contributed by atoms with van der Waals surface area (Å²) in [4.78, 5) is 12.0. The monoisotopic (exact) mass is 419 g/mol. The van der Waals surface area contributed by atoms with Crippen LogP contribution in [0.1, 0.15) is 33.7 Å². The molecule has 0 saturated carbocycles. The molecule has 0 amide bonds. The van der Waals surface area contributed by atoms with Gasteiger partial charge in [0.15, 0.2) is 0 Å². The van der Waals surface area contributed by atoms with Gasteiger partial charge in [-0.2, -0.15) is 13.2 Å². The lowest BCUT2D eigenvalue weighted by Crippen LogP contribution is -2.13. The number of ether oxygens (including phenoxy) is 2. The molecule has 8 heteroatoms. The predicted molar refractivity (Wildman–Crippen MR) is 102 cm³/mol. The Morgan fingerprint density at radius 2 is 1.73 bits per heavy atom. The van der Waals surface area contributed by atoms with Gasteiger partial charge in [-0.15, -0.1) is 0 Å². The Labute approximate surface area is 171 Å². The van der Waals surface area contributed by atoms with E-state index >= 15 is 0 Å². The number of nitrogens with zero attached hydrogens (tertiary/aromatic N) is 1. The van der Waals surface area contributed by atoms with Crippen LogP contribution in [0.15, 0.2) is 53.1 Å². The van der Waals surface area contributed by atoms with Crippen LogP contribution in [-0.4, -0.2) is 11.1 Å². The Hall–Kier alpha value is -3.29. The summed E-state index contributed by atoms with van der Waals surface area (Å²) in [5.74, 6) is 0.682. The summed E-state index contributed by atoms with van der Waals surface area (Å²) < 4.78 is 54.8. The van der Waals surface area contributed by atoms with Gasteiger partial charge in [0.25, 0.3) is 0 Å². The molecule has 0 atom stereocenters. The Bertz CT molecular complexity index is 990. The van der Waals surface area contributed by atoms with Crippen LogP contribution in [0.3, 0.4) is 0 Å². The largest absolute Gasteiger partial charge is 0.489 e. The molecule has 2 aromatic carbocycles. The first kappa shape index (κ1) is 21.4. The van der Waals surface area contributed by atoms with Gasteiger partial charge in [0.05, 0.1) is 23.2 Å².